The number of carbonyl (C=O) groups is 1. The Bertz CT molecular complexity index is 777. The zero-order valence-corrected chi connectivity index (χ0v) is 13.2. The van der Waals surface area contributed by atoms with Crippen molar-refractivity contribution in [3.63, 3.8) is 0 Å². The van der Waals surface area contributed by atoms with Gasteiger partial charge < -0.3 is 14.8 Å². The molecule has 6 heteroatoms. The number of rotatable bonds is 5. The average Bonchev–Trinajstić information content (AvgIpc) is 2.54. The van der Waals surface area contributed by atoms with Crippen LogP contribution in [0.2, 0.25) is 0 Å². The Morgan fingerprint density at radius 3 is 2.92 bits per heavy atom. The monoisotopic (exact) mass is 333 g/mol. The number of hydrogen-bond donors (Lipinski definition) is 1. The molecule has 0 bridgehead atoms. The van der Waals surface area contributed by atoms with E-state index in [9.17, 15) is 13.6 Å². The molecule has 24 heavy (non-hydrogen) atoms. The molecule has 0 radical (unpaired) electrons. The van der Waals surface area contributed by atoms with Crippen molar-refractivity contribution in [3.8, 4) is 5.75 Å². The van der Waals surface area contributed by atoms with Gasteiger partial charge in [0.25, 0.3) is 0 Å². The van der Waals surface area contributed by atoms with Crippen LogP contribution in [-0.2, 0) is 17.8 Å². The minimum absolute atomic E-state index is 0.0309. The lowest BCUT2D eigenvalue weighted by atomic mass is 10.0. The summed E-state index contributed by atoms with van der Waals surface area (Å²) in [5.74, 6) is -0.626. The molecule has 1 heterocycles. The maximum atomic E-state index is 13.8. The highest BCUT2D eigenvalue weighted by Gasteiger charge is 2.17. The summed E-state index contributed by atoms with van der Waals surface area (Å²) in [7, 11) is 0. The Balaban J connectivity index is 1.75. The molecule has 0 spiro atoms. The second-order valence-electron chi connectivity index (χ2n) is 5.56. The summed E-state index contributed by atoms with van der Waals surface area (Å²) in [5, 5.41) is 3.04. The van der Waals surface area contributed by atoms with E-state index in [1.165, 1.54) is 31.2 Å². The molecule has 1 aliphatic heterocycles. The van der Waals surface area contributed by atoms with E-state index in [-0.39, 0.29) is 24.0 Å². The number of anilines is 1. The summed E-state index contributed by atoms with van der Waals surface area (Å²) in [4.78, 5) is 11.6. The van der Waals surface area contributed by atoms with E-state index >= 15 is 0 Å². The highest BCUT2D eigenvalue weighted by Crippen LogP contribution is 2.30. The lowest BCUT2D eigenvalue weighted by Crippen LogP contribution is -2.15. The first-order valence-electron chi connectivity index (χ1n) is 7.61. The van der Waals surface area contributed by atoms with Crippen molar-refractivity contribution < 1.29 is 23.0 Å². The van der Waals surface area contributed by atoms with Gasteiger partial charge in [0, 0.05) is 17.8 Å². The highest BCUT2D eigenvalue weighted by atomic mass is 19.1. The molecule has 1 aliphatic rings. The topological polar surface area (TPSA) is 47.6 Å². The number of fused-ring (bicyclic) bond motifs is 1. The Kier molecular flexibility index (Phi) is 4.76. The average molecular weight is 333 g/mol. The molecule has 0 aliphatic carbocycles. The fraction of sp³-hybridized carbons (Fsp3) is 0.278. The number of carbonyl (C=O) groups excluding carboxylic acids is 1. The fourth-order valence-corrected chi connectivity index (χ4v) is 2.80. The van der Waals surface area contributed by atoms with Crippen LogP contribution in [0.5, 0.6) is 5.75 Å². The number of Topliss-reactive ketones (excluding diaryl/α,β-unsaturated/α-hetero) is 1. The maximum Gasteiger partial charge on any atom is 0.189 e. The molecule has 0 unspecified atom stereocenters. The van der Waals surface area contributed by atoms with E-state index in [0.717, 1.165) is 0 Å². The van der Waals surface area contributed by atoms with Gasteiger partial charge in [-0.25, -0.2) is 8.78 Å². The molecule has 2 aromatic carbocycles. The van der Waals surface area contributed by atoms with Gasteiger partial charge in [-0.2, -0.15) is 0 Å². The summed E-state index contributed by atoms with van der Waals surface area (Å²) in [6.45, 7) is 2.17. The standard InChI is InChI=1S/C18H17F2NO3/c1-11(22)17-15(20)3-2-4-16(17)21-6-5-12-7-14(19)8-13-9-23-10-24-18(12)13/h2-4,7-8,21H,5-6,9-10H2,1H3. The molecule has 1 N–H and O–H groups in total. The van der Waals surface area contributed by atoms with E-state index in [2.05, 4.69) is 5.32 Å². The van der Waals surface area contributed by atoms with Gasteiger partial charge in [-0.15, -0.1) is 0 Å². The first kappa shape index (κ1) is 16.4. The van der Waals surface area contributed by atoms with E-state index in [4.69, 9.17) is 9.47 Å². The second kappa shape index (κ2) is 6.97. The minimum Gasteiger partial charge on any atom is -0.467 e. The van der Waals surface area contributed by atoms with Gasteiger partial charge in [0.2, 0.25) is 0 Å². The first-order chi connectivity index (χ1) is 11.6. The maximum absolute atomic E-state index is 13.8. The minimum atomic E-state index is -0.559. The summed E-state index contributed by atoms with van der Waals surface area (Å²) in [6.07, 6.45) is 0.466. The number of nitrogens with one attached hydrogen (secondary N) is 1. The molecule has 0 saturated carbocycles. The van der Waals surface area contributed by atoms with Crippen LogP contribution < -0.4 is 10.1 Å². The van der Waals surface area contributed by atoms with Crippen LogP contribution in [0.15, 0.2) is 30.3 Å². The van der Waals surface area contributed by atoms with Crippen LogP contribution in [0.4, 0.5) is 14.5 Å². The summed E-state index contributed by atoms with van der Waals surface area (Å²) in [6, 6.07) is 7.24. The molecule has 0 fully saturated rings. The molecule has 126 valence electrons. The Morgan fingerprint density at radius 1 is 1.29 bits per heavy atom. The van der Waals surface area contributed by atoms with Gasteiger partial charge in [-0.05, 0) is 43.2 Å². The van der Waals surface area contributed by atoms with Crippen LogP contribution >= 0.6 is 0 Å². The van der Waals surface area contributed by atoms with Crippen LogP contribution in [0.25, 0.3) is 0 Å². The van der Waals surface area contributed by atoms with E-state index in [1.54, 1.807) is 6.07 Å². The number of halogens is 2. The van der Waals surface area contributed by atoms with E-state index in [0.29, 0.717) is 42.1 Å². The molecule has 0 atom stereocenters. The summed E-state index contributed by atoms with van der Waals surface area (Å²) >= 11 is 0. The zero-order chi connectivity index (χ0) is 17.1. The van der Waals surface area contributed by atoms with Gasteiger partial charge in [0.05, 0.1) is 12.2 Å². The number of ketones is 1. The highest BCUT2D eigenvalue weighted by molar-refractivity contribution is 5.99. The number of benzene rings is 2. The largest absolute Gasteiger partial charge is 0.467 e. The van der Waals surface area contributed by atoms with Gasteiger partial charge in [0.1, 0.15) is 17.4 Å². The fourth-order valence-electron chi connectivity index (χ4n) is 2.80. The van der Waals surface area contributed by atoms with Gasteiger partial charge in [-0.3, -0.25) is 4.79 Å². The SMILES string of the molecule is CC(=O)c1c(F)cccc1NCCc1cc(F)cc2c1OCOC2. The third kappa shape index (κ3) is 3.38. The van der Waals surface area contributed by atoms with Crippen molar-refractivity contribution in [2.24, 2.45) is 0 Å². The molecule has 2 aromatic rings. The lowest BCUT2D eigenvalue weighted by Gasteiger charge is -2.21. The summed E-state index contributed by atoms with van der Waals surface area (Å²) in [5.41, 5.74) is 1.84. The van der Waals surface area contributed by atoms with Crippen molar-refractivity contribution in [1.29, 1.82) is 0 Å². The molecule has 0 aromatic heterocycles. The smallest absolute Gasteiger partial charge is 0.189 e. The molecule has 4 nitrogen and oxygen atoms in total. The first-order valence-corrected chi connectivity index (χ1v) is 7.61. The van der Waals surface area contributed by atoms with Gasteiger partial charge >= 0.3 is 0 Å². The molecule has 3 rings (SSSR count). The van der Waals surface area contributed by atoms with Crippen molar-refractivity contribution >= 4 is 11.5 Å². The third-order valence-corrected chi connectivity index (χ3v) is 3.83. The zero-order valence-electron chi connectivity index (χ0n) is 13.2. The predicted octanol–water partition coefficient (Wildman–Crippen LogP) is 3.69. The molecular formula is C18H17F2NO3. The molecular weight excluding hydrogens is 316 g/mol. The van der Waals surface area contributed by atoms with Crippen LogP contribution in [0.1, 0.15) is 28.4 Å². The van der Waals surface area contributed by atoms with Gasteiger partial charge in [0.15, 0.2) is 12.6 Å². The molecule has 0 amide bonds. The lowest BCUT2D eigenvalue weighted by molar-refractivity contribution is -0.0172. The van der Waals surface area contributed by atoms with Crippen molar-refractivity contribution in [2.75, 3.05) is 18.7 Å². The Labute approximate surface area is 138 Å². The van der Waals surface area contributed by atoms with Crippen molar-refractivity contribution in [3.05, 3.63) is 58.7 Å². The van der Waals surface area contributed by atoms with Crippen molar-refractivity contribution in [2.45, 2.75) is 20.0 Å². The molecule has 0 saturated heterocycles. The van der Waals surface area contributed by atoms with E-state index in [1.807, 2.05) is 0 Å². The Morgan fingerprint density at radius 2 is 2.12 bits per heavy atom. The number of hydrogen-bond acceptors (Lipinski definition) is 4. The third-order valence-electron chi connectivity index (χ3n) is 3.83. The van der Waals surface area contributed by atoms with Gasteiger partial charge in [-0.1, -0.05) is 6.07 Å². The van der Waals surface area contributed by atoms with Crippen LogP contribution in [0.3, 0.4) is 0 Å². The number of ether oxygens (including phenoxy) is 2. The van der Waals surface area contributed by atoms with E-state index < -0.39 is 5.82 Å². The summed E-state index contributed by atoms with van der Waals surface area (Å²) < 4.78 is 38.1. The predicted molar refractivity (Wildman–Crippen MR) is 85.3 cm³/mol. The van der Waals surface area contributed by atoms with Crippen LogP contribution in [0, 0.1) is 11.6 Å². The Hall–Kier alpha value is -2.47. The van der Waals surface area contributed by atoms with Crippen molar-refractivity contribution in [1.82, 2.24) is 0 Å². The second-order valence-corrected chi connectivity index (χ2v) is 5.56. The quantitative estimate of drug-likeness (QED) is 0.848. The normalized spacial score (nSPS) is 13.1. The van der Waals surface area contributed by atoms with Crippen LogP contribution in [-0.4, -0.2) is 19.1 Å².